The highest BCUT2D eigenvalue weighted by atomic mass is 79.9. The molecule has 0 radical (unpaired) electrons. The van der Waals surface area contributed by atoms with E-state index in [1.807, 2.05) is 18.2 Å². The van der Waals surface area contributed by atoms with E-state index in [0.29, 0.717) is 17.0 Å². The number of imidazole rings is 1. The average molecular weight is 353 g/mol. The van der Waals surface area contributed by atoms with Crippen LogP contribution in [0, 0.1) is 0 Å². The van der Waals surface area contributed by atoms with E-state index in [1.165, 1.54) is 25.7 Å². The molecule has 0 bridgehead atoms. The first-order chi connectivity index (χ1) is 9.65. The minimum atomic E-state index is 0.553. The summed E-state index contributed by atoms with van der Waals surface area (Å²) in [5, 5.41) is 0.697. The van der Waals surface area contributed by atoms with Crippen molar-refractivity contribution in [3.63, 3.8) is 0 Å². The van der Waals surface area contributed by atoms with Crippen LogP contribution in [0.15, 0.2) is 22.7 Å². The van der Waals surface area contributed by atoms with Crippen molar-refractivity contribution in [1.29, 1.82) is 0 Å². The van der Waals surface area contributed by atoms with Gasteiger partial charge in [0.2, 0.25) is 0 Å². The highest BCUT2D eigenvalue weighted by Gasteiger charge is 2.36. The summed E-state index contributed by atoms with van der Waals surface area (Å²) in [5.74, 6) is 2.53. The second-order valence-corrected chi connectivity index (χ2v) is 7.03. The Morgan fingerprint density at radius 1 is 1.25 bits per heavy atom. The van der Waals surface area contributed by atoms with Gasteiger partial charge in [-0.05, 0) is 43.9 Å². The predicted molar refractivity (Wildman–Crippen MR) is 85.0 cm³/mol. The highest BCUT2D eigenvalue weighted by molar-refractivity contribution is 9.10. The van der Waals surface area contributed by atoms with Gasteiger partial charge in [0, 0.05) is 22.0 Å². The molecule has 0 aliphatic heterocycles. The zero-order chi connectivity index (χ0) is 13.9. The second-order valence-electron chi connectivity index (χ2n) is 5.70. The quantitative estimate of drug-likeness (QED) is 0.865. The Morgan fingerprint density at radius 3 is 2.65 bits per heavy atom. The number of benzene rings is 1. The SMILES string of the molecule is Nc1c(-c2cc(Br)ccc2Cl)nc(C2CC2)n1C1CC1. The number of rotatable bonds is 3. The molecule has 3 nitrogen and oxygen atoms in total. The monoisotopic (exact) mass is 351 g/mol. The topological polar surface area (TPSA) is 43.8 Å². The molecule has 2 aliphatic rings. The summed E-state index contributed by atoms with van der Waals surface area (Å²) >= 11 is 9.82. The zero-order valence-electron chi connectivity index (χ0n) is 10.9. The van der Waals surface area contributed by atoms with Gasteiger partial charge in [-0.1, -0.05) is 27.5 Å². The van der Waals surface area contributed by atoms with E-state index in [2.05, 4.69) is 20.5 Å². The van der Waals surface area contributed by atoms with Crippen LogP contribution >= 0.6 is 27.5 Å². The van der Waals surface area contributed by atoms with E-state index in [9.17, 15) is 0 Å². The molecular weight excluding hydrogens is 338 g/mol. The van der Waals surface area contributed by atoms with Gasteiger partial charge in [0.15, 0.2) is 0 Å². The van der Waals surface area contributed by atoms with E-state index in [4.69, 9.17) is 22.3 Å². The minimum absolute atomic E-state index is 0.553. The summed E-state index contributed by atoms with van der Waals surface area (Å²) < 4.78 is 3.25. The maximum absolute atomic E-state index is 6.39. The Labute approximate surface area is 131 Å². The molecule has 20 heavy (non-hydrogen) atoms. The van der Waals surface area contributed by atoms with E-state index in [-0.39, 0.29) is 0 Å². The Kier molecular flexibility index (Phi) is 2.86. The van der Waals surface area contributed by atoms with Gasteiger partial charge in [0.05, 0.1) is 5.02 Å². The normalized spacial score (nSPS) is 18.5. The lowest BCUT2D eigenvalue weighted by atomic mass is 10.1. The fourth-order valence-corrected chi connectivity index (χ4v) is 3.25. The summed E-state index contributed by atoms with van der Waals surface area (Å²) in [5.41, 5.74) is 8.14. The number of anilines is 1. The first-order valence-corrected chi connectivity index (χ1v) is 8.15. The summed E-state index contributed by atoms with van der Waals surface area (Å²) in [6, 6.07) is 6.36. The predicted octanol–water partition coefficient (Wildman–Crippen LogP) is 4.76. The largest absolute Gasteiger partial charge is 0.383 e. The molecule has 1 aromatic heterocycles. The number of hydrogen-bond acceptors (Lipinski definition) is 2. The van der Waals surface area contributed by atoms with Crippen LogP contribution in [0.2, 0.25) is 5.02 Å². The molecule has 0 amide bonds. The first-order valence-electron chi connectivity index (χ1n) is 6.98. The Hall–Kier alpha value is -1.00. The van der Waals surface area contributed by atoms with Crippen LogP contribution in [-0.2, 0) is 0 Å². The summed E-state index contributed by atoms with van der Waals surface area (Å²) in [4.78, 5) is 4.84. The van der Waals surface area contributed by atoms with E-state index < -0.39 is 0 Å². The Bertz CT molecular complexity index is 687. The molecule has 2 fully saturated rings. The molecule has 0 spiro atoms. The van der Waals surface area contributed by atoms with Crippen LogP contribution in [0.5, 0.6) is 0 Å². The maximum Gasteiger partial charge on any atom is 0.132 e. The lowest BCUT2D eigenvalue weighted by molar-refractivity contribution is 0.691. The van der Waals surface area contributed by atoms with Crippen molar-refractivity contribution in [3.05, 3.63) is 33.5 Å². The molecule has 1 aromatic carbocycles. The lowest BCUT2D eigenvalue weighted by Gasteiger charge is -2.07. The average Bonchev–Trinajstić information content (AvgIpc) is 3.31. The molecule has 0 unspecified atom stereocenters. The van der Waals surface area contributed by atoms with Crippen molar-refractivity contribution >= 4 is 33.3 Å². The van der Waals surface area contributed by atoms with Crippen LogP contribution in [0.3, 0.4) is 0 Å². The molecule has 4 rings (SSSR count). The lowest BCUT2D eigenvalue weighted by Crippen LogP contribution is -2.04. The second kappa shape index (κ2) is 4.50. The molecule has 2 saturated carbocycles. The number of aromatic nitrogens is 2. The molecular formula is C15H15BrClN3. The molecule has 2 N–H and O–H groups in total. The number of hydrogen-bond donors (Lipinski definition) is 1. The summed E-state index contributed by atoms with van der Waals surface area (Å²) in [6.45, 7) is 0. The van der Waals surface area contributed by atoms with Gasteiger partial charge in [-0.25, -0.2) is 4.98 Å². The molecule has 5 heteroatoms. The smallest absolute Gasteiger partial charge is 0.132 e. The fourth-order valence-electron chi connectivity index (χ4n) is 2.69. The minimum Gasteiger partial charge on any atom is -0.383 e. The molecule has 1 heterocycles. The molecule has 2 aliphatic carbocycles. The Morgan fingerprint density at radius 2 is 2.00 bits per heavy atom. The number of nitrogens with two attached hydrogens (primary N) is 1. The van der Waals surface area contributed by atoms with Crippen molar-refractivity contribution < 1.29 is 0 Å². The van der Waals surface area contributed by atoms with Crippen LogP contribution in [0.25, 0.3) is 11.3 Å². The van der Waals surface area contributed by atoms with Crippen molar-refractivity contribution in [2.75, 3.05) is 5.73 Å². The van der Waals surface area contributed by atoms with Crippen molar-refractivity contribution in [2.24, 2.45) is 0 Å². The van der Waals surface area contributed by atoms with Gasteiger partial charge >= 0.3 is 0 Å². The van der Waals surface area contributed by atoms with Gasteiger partial charge in [-0.2, -0.15) is 0 Å². The van der Waals surface area contributed by atoms with Crippen LogP contribution in [0.1, 0.15) is 43.5 Å². The van der Waals surface area contributed by atoms with Gasteiger partial charge in [0.1, 0.15) is 17.3 Å². The van der Waals surface area contributed by atoms with E-state index in [1.54, 1.807) is 0 Å². The number of nitrogens with zero attached hydrogens (tertiary/aromatic N) is 2. The summed E-state index contributed by atoms with van der Waals surface area (Å²) in [7, 11) is 0. The van der Waals surface area contributed by atoms with Gasteiger partial charge < -0.3 is 10.3 Å². The van der Waals surface area contributed by atoms with E-state index >= 15 is 0 Å². The standard InChI is InChI=1S/C15H15BrClN3/c16-9-3-6-12(17)11(7-9)13-14(18)20(10-4-5-10)15(19-13)8-1-2-8/h3,6-8,10H,1-2,4-5,18H2. The van der Waals surface area contributed by atoms with Crippen molar-refractivity contribution in [2.45, 2.75) is 37.6 Å². The summed E-state index contributed by atoms with van der Waals surface area (Å²) in [6.07, 6.45) is 4.89. The van der Waals surface area contributed by atoms with E-state index in [0.717, 1.165) is 27.4 Å². The third-order valence-corrected chi connectivity index (χ3v) is 4.84. The highest BCUT2D eigenvalue weighted by Crippen LogP contribution is 2.48. The van der Waals surface area contributed by atoms with Gasteiger partial charge in [-0.15, -0.1) is 0 Å². The molecule has 0 saturated heterocycles. The van der Waals surface area contributed by atoms with Crippen molar-refractivity contribution in [3.8, 4) is 11.3 Å². The van der Waals surface area contributed by atoms with Crippen LogP contribution in [0.4, 0.5) is 5.82 Å². The van der Waals surface area contributed by atoms with Gasteiger partial charge in [-0.3, -0.25) is 0 Å². The maximum atomic E-state index is 6.39. The third kappa shape index (κ3) is 2.06. The zero-order valence-corrected chi connectivity index (χ0v) is 13.3. The molecule has 0 atom stereocenters. The van der Waals surface area contributed by atoms with Gasteiger partial charge in [0.25, 0.3) is 0 Å². The third-order valence-electron chi connectivity index (χ3n) is 4.01. The Balaban J connectivity index is 1.89. The number of halogens is 2. The first kappa shape index (κ1) is 12.7. The molecule has 2 aromatic rings. The number of nitrogen functional groups attached to an aromatic ring is 1. The van der Waals surface area contributed by atoms with Crippen LogP contribution in [-0.4, -0.2) is 9.55 Å². The van der Waals surface area contributed by atoms with Crippen molar-refractivity contribution in [1.82, 2.24) is 9.55 Å². The van der Waals surface area contributed by atoms with Crippen LogP contribution < -0.4 is 5.73 Å². The molecule has 104 valence electrons. The fraction of sp³-hybridized carbons (Fsp3) is 0.400.